The molecule has 0 radical (unpaired) electrons. The molecule has 0 aliphatic carbocycles. The van der Waals surface area contributed by atoms with Gasteiger partial charge in [-0.1, -0.05) is 0 Å². The third-order valence-electron chi connectivity index (χ3n) is 3.35. The van der Waals surface area contributed by atoms with Crippen molar-refractivity contribution in [3.05, 3.63) is 35.8 Å². The molecule has 1 fully saturated rings. The predicted octanol–water partition coefficient (Wildman–Crippen LogP) is 0.755. The molecule has 6 nitrogen and oxygen atoms in total. The van der Waals surface area contributed by atoms with Crippen molar-refractivity contribution in [3.8, 4) is 0 Å². The topological polar surface area (TPSA) is 96.5 Å². The zero-order valence-electron chi connectivity index (χ0n) is 10.9. The van der Waals surface area contributed by atoms with Crippen LogP contribution in [0.15, 0.2) is 40.7 Å². The monoisotopic (exact) mass is 323 g/mol. The summed E-state index contributed by atoms with van der Waals surface area (Å²) in [4.78, 5) is 29.6. The van der Waals surface area contributed by atoms with Crippen LogP contribution in [-0.2, 0) is 9.59 Å². The van der Waals surface area contributed by atoms with Gasteiger partial charge in [-0.05, 0) is 17.7 Å². The molecule has 1 aromatic heterocycles. The van der Waals surface area contributed by atoms with Gasteiger partial charge in [0, 0.05) is 28.8 Å². The van der Waals surface area contributed by atoms with Gasteiger partial charge in [-0.2, -0.15) is 0 Å². The number of rotatable bonds is 4. The Bertz CT molecular complexity index is 620. The summed E-state index contributed by atoms with van der Waals surface area (Å²) < 4.78 is 0. The molecule has 0 bridgehead atoms. The largest absolute Gasteiger partial charge is 0.477 e. The molecule has 0 aromatic carbocycles. The maximum absolute atomic E-state index is 11.8. The molecular weight excluding hydrogens is 310 g/mol. The van der Waals surface area contributed by atoms with E-state index in [0.717, 1.165) is 10.5 Å². The van der Waals surface area contributed by atoms with E-state index in [1.807, 2.05) is 12.1 Å². The first-order valence-electron chi connectivity index (χ1n) is 6.28. The number of fused-ring (bicyclic) bond motifs is 1. The molecule has 1 saturated heterocycles. The number of nitrogens with two attached hydrogens (primary N) is 1. The summed E-state index contributed by atoms with van der Waals surface area (Å²) in [7, 11) is 0. The lowest BCUT2D eigenvalue weighted by Gasteiger charge is -2.48. The van der Waals surface area contributed by atoms with Gasteiger partial charge in [-0.15, -0.1) is 23.5 Å². The molecule has 0 spiro atoms. The molecule has 3 rings (SSSR count). The van der Waals surface area contributed by atoms with Crippen molar-refractivity contribution in [1.82, 2.24) is 9.88 Å². The molecule has 1 aromatic rings. The summed E-state index contributed by atoms with van der Waals surface area (Å²) in [6.07, 6.45) is 3.39. The summed E-state index contributed by atoms with van der Waals surface area (Å²) in [5.74, 6) is -0.256. The zero-order chi connectivity index (χ0) is 15.0. The minimum atomic E-state index is -1.06. The lowest BCUT2D eigenvalue weighted by atomic mass is 10.0. The number of aromatic nitrogens is 1. The van der Waals surface area contributed by atoms with Crippen LogP contribution < -0.4 is 5.73 Å². The van der Waals surface area contributed by atoms with Crippen LogP contribution in [0.2, 0.25) is 0 Å². The maximum Gasteiger partial charge on any atom is 0.352 e. The second-order valence-corrected chi connectivity index (χ2v) is 6.82. The van der Waals surface area contributed by atoms with Gasteiger partial charge in [0.25, 0.3) is 0 Å². The third kappa shape index (κ3) is 2.54. The molecule has 3 N–H and O–H groups in total. The number of carboxylic acid groups (broad SMARTS) is 1. The van der Waals surface area contributed by atoms with E-state index in [0.29, 0.717) is 11.5 Å². The van der Waals surface area contributed by atoms with E-state index in [1.165, 1.54) is 28.4 Å². The minimum Gasteiger partial charge on any atom is -0.477 e. The van der Waals surface area contributed by atoms with Crippen molar-refractivity contribution in [2.75, 3.05) is 11.5 Å². The first kappa shape index (κ1) is 14.4. The number of amides is 1. The van der Waals surface area contributed by atoms with E-state index in [-0.39, 0.29) is 17.0 Å². The lowest BCUT2D eigenvalue weighted by Crippen LogP contribution is -2.68. The number of β-lactam (4-membered cyclic amide) rings is 1. The van der Waals surface area contributed by atoms with Gasteiger partial charge < -0.3 is 10.8 Å². The Hall–Kier alpha value is -1.51. The average Bonchev–Trinajstić information content (AvgIpc) is 2.52. The number of nitrogens with zero attached hydrogens (tertiary/aromatic N) is 2. The molecule has 8 heteroatoms. The van der Waals surface area contributed by atoms with Crippen LogP contribution in [-0.4, -0.2) is 49.8 Å². The van der Waals surface area contributed by atoms with Crippen LogP contribution >= 0.6 is 23.5 Å². The standard InChI is InChI=1S/C13H13N3O3S2/c14-9-11(17)16-10(13(18)19)7(6-21-12(9)16)5-20-8-1-3-15-4-2-8/h1-4,9,12H,5-6,14H2,(H,18,19)/t9?,12-/m0/s1. The third-order valence-corrected chi connectivity index (χ3v) is 5.81. The molecule has 110 valence electrons. The summed E-state index contributed by atoms with van der Waals surface area (Å²) in [6, 6.07) is 3.16. The first-order valence-corrected chi connectivity index (χ1v) is 8.31. The number of carbonyl (C=O) groups excluding carboxylic acids is 1. The predicted molar refractivity (Wildman–Crippen MR) is 80.7 cm³/mol. The first-order chi connectivity index (χ1) is 10.1. The number of aliphatic carboxylic acids is 1. The Labute approximate surface area is 129 Å². The van der Waals surface area contributed by atoms with Gasteiger partial charge in [0.2, 0.25) is 5.91 Å². The van der Waals surface area contributed by atoms with E-state index in [4.69, 9.17) is 5.73 Å². The summed E-state index contributed by atoms with van der Waals surface area (Å²) in [6.45, 7) is 0. The zero-order valence-corrected chi connectivity index (χ0v) is 12.6. The fourth-order valence-electron chi connectivity index (χ4n) is 2.30. The quantitative estimate of drug-likeness (QED) is 0.623. The summed E-state index contributed by atoms with van der Waals surface area (Å²) in [5.41, 5.74) is 6.57. The van der Waals surface area contributed by atoms with Gasteiger partial charge in [0.15, 0.2) is 0 Å². The van der Waals surface area contributed by atoms with E-state index in [2.05, 4.69) is 4.98 Å². The van der Waals surface area contributed by atoms with Crippen LogP contribution in [0.5, 0.6) is 0 Å². The van der Waals surface area contributed by atoms with Crippen LogP contribution in [0.1, 0.15) is 0 Å². The van der Waals surface area contributed by atoms with Gasteiger partial charge in [-0.25, -0.2) is 4.79 Å². The van der Waals surface area contributed by atoms with Crippen molar-refractivity contribution >= 4 is 35.4 Å². The molecule has 1 unspecified atom stereocenters. The molecule has 1 amide bonds. The van der Waals surface area contributed by atoms with E-state index in [9.17, 15) is 14.7 Å². The highest BCUT2D eigenvalue weighted by Crippen LogP contribution is 2.40. The second kappa shape index (κ2) is 5.70. The van der Waals surface area contributed by atoms with Gasteiger partial charge in [-0.3, -0.25) is 14.7 Å². The maximum atomic E-state index is 11.8. The van der Waals surface area contributed by atoms with Crippen molar-refractivity contribution in [1.29, 1.82) is 0 Å². The Morgan fingerprint density at radius 1 is 1.52 bits per heavy atom. The van der Waals surface area contributed by atoms with E-state index < -0.39 is 12.0 Å². The van der Waals surface area contributed by atoms with E-state index >= 15 is 0 Å². The number of carbonyl (C=O) groups is 2. The average molecular weight is 323 g/mol. The fourth-order valence-corrected chi connectivity index (χ4v) is 4.61. The molecule has 2 aliphatic rings. The number of carboxylic acids is 1. The highest BCUT2D eigenvalue weighted by Gasteiger charge is 2.51. The van der Waals surface area contributed by atoms with Gasteiger partial charge >= 0.3 is 5.97 Å². The van der Waals surface area contributed by atoms with Crippen molar-refractivity contribution in [2.45, 2.75) is 16.3 Å². The Kier molecular flexibility index (Phi) is 3.92. The second-order valence-electron chi connectivity index (χ2n) is 4.66. The van der Waals surface area contributed by atoms with Crippen molar-refractivity contribution in [2.24, 2.45) is 5.73 Å². The van der Waals surface area contributed by atoms with Crippen LogP contribution in [0.4, 0.5) is 0 Å². The molecule has 3 heterocycles. The van der Waals surface area contributed by atoms with Crippen molar-refractivity contribution in [3.63, 3.8) is 0 Å². The molecule has 2 aliphatic heterocycles. The molecule has 0 saturated carbocycles. The minimum absolute atomic E-state index is 0.104. The Morgan fingerprint density at radius 2 is 2.24 bits per heavy atom. The van der Waals surface area contributed by atoms with Gasteiger partial charge in [0.05, 0.1) is 0 Å². The Balaban J connectivity index is 1.81. The normalized spacial score (nSPS) is 24.6. The number of thioether (sulfide) groups is 2. The van der Waals surface area contributed by atoms with Crippen LogP contribution in [0.3, 0.4) is 0 Å². The SMILES string of the molecule is NC1C(=O)N2C(C(=O)O)=C(CSc3ccncc3)CS[C@@H]12. The van der Waals surface area contributed by atoms with Gasteiger partial charge in [0.1, 0.15) is 17.1 Å². The molecular formula is C13H13N3O3S2. The fraction of sp³-hybridized carbons (Fsp3) is 0.308. The Morgan fingerprint density at radius 3 is 2.90 bits per heavy atom. The number of hydrogen-bond donors (Lipinski definition) is 2. The van der Waals surface area contributed by atoms with E-state index in [1.54, 1.807) is 12.4 Å². The number of hydrogen-bond acceptors (Lipinski definition) is 6. The van der Waals surface area contributed by atoms with Crippen LogP contribution in [0, 0.1) is 0 Å². The lowest BCUT2D eigenvalue weighted by molar-refractivity contribution is -0.147. The van der Waals surface area contributed by atoms with Crippen LogP contribution in [0.25, 0.3) is 0 Å². The summed E-state index contributed by atoms with van der Waals surface area (Å²) >= 11 is 3.06. The van der Waals surface area contributed by atoms with Crippen molar-refractivity contribution < 1.29 is 14.7 Å². The highest BCUT2D eigenvalue weighted by atomic mass is 32.2. The molecule has 2 atom stereocenters. The molecule has 21 heavy (non-hydrogen) atoms. The summed E-state index contributed by atoms with van der Waals surface area (Å²) in [5, 5.41) is 9.17. The highest BCUT2D eigenvalue weighted by molar-refractivity contribution is 8.01. The number of pyridine rings is 1. The smallest absolute Gasteiger partial charge is 0.352 e.